The highest BCUT2D eigenvalue weighted by Gasteiger charge is 2.20. The summed E-state index contributed by atoms with van der Waals surface area (Å²) in [5.41, 5.74) is 0. The average Bonchev–Trinajstić information content (AvgIpc) is 2.31. The number of rotatable bonds is 3. The number of hydrogen-bond acceptors (Lipinski definition) is 2. The summed E-state index contributed by atoms with van der Waals surface area (Å²) in [4.78, 5) is 11.8. The van der Waals surface area contributed by atoms with Crippen LogP contribution in [0, 0.1) is 5.92 Å². The Kier molecular flexibility index (Phi) is 4.64. The molecule has 1 atom stereocenters. The third kappa shape index (κ3) is 3.78. The van der Waals surface area contributed by atoms with E-state index in [4.69, 9.17) is 0 Å². The maximum Gasteiger partial charge on any atom is 0.220 e. The average molecular weight is 224 g/mol. The third-order valence-electron chi connectivity index (χ3n) is 3.86. The van der Waals surface area contributed by atoms with Crippen LogP contribution in [-0.4, -0.2) is 25.0 Å². The number of nitrogens with one attached hydrogen (secondary N) is 2. The third-order valence-corrected chi connectivity index (χ3v) is 3.86. The molecule has 0 spiro atoms. The van der Waals surface area contributed by atoms with E-state index in [1.807, 2.05) is 0 Å². The molecule has 0 radical (unpaired) electrons. The van der Waals surface area contributed by atoms with Gasteiger partial charge in [0.25, 0.3) is 0 Å². The van der Waals surface area contributed by atoms with E-state index in [1.54, 1.807) is 0 Å². The smallest absolute Gasteiger partial charge is 0.220 e. The Morgan fingerprint density at radius 2 is 1.94 bits per heavy atom. The van der Waals surface area contributed by atoms with E-state index in [0.717, 1.165) is 25.9 Å². The van der Waals surface area contributed by atoms with Crippen molar-refractivity contribution < 1.29 is 4.79 Å². The molecule has 3 nitrogen and oxygen atoms in total. The Labute approximate surface area is 98.4 Å². The summed E-state index contributed by atoms with van der Waals surface area (Å²) in [6.07, 6.45) is 9.62. The van der Waals surface area contributed by atoms with Gasteiger partial charge in [0.2, 0.25) is 5.91 Å². The zero-order valence-corrected chi connectivity index (χ0v) is 10.1. The van der Waals surface area contributed by atoms with E-state index in [0.29, 0.717) is 12.0 Å². The number of carbonyl (C=O) groups is 1. The highest BCUT2D eigenvalue weighted by molar-refractivity contribution is 5.76. The minimum atomic E-state index is 0.278. The van der Waals surface area contributed by atoms with Gasteiger partial charge in [-0.2, -0.15) is 0 Å². The molecule has 3 heteroatoms. The summed E-state index contributed by atoms with van der Waals surface area (Å²) >= 11 is 0. The molecule has 2 fully saturated rings. The molecular formula is C13H24N2O. The molecule has 0 aromatic heterocycles. The van der Waals surface area contributed by atoms with Crippen LogP contribution in [0.2, 0.25) is 0 Å². The lowest BCUT2D eigenvalue weighted by atomic mass is 9.87. The summed E-state index contributed by atoms with van der Waals surface area (Å²) in [5.74, 6) is 0.936. The fraction of sp³-hybridized carbons (Fsp3) is 0.923. The van der Waals surface area contributed by atoms with E-state index in [-0.39, 0.29) is 5.91 Å². The van der Waals surface area contributed by atoms with E-state index in [2.05, 4.69) is 10.6 Å². The zero-order valence-electron chi connectivity index (χ0n) is 10.1. The molecule has 2 rings (SSSR count). The minimum Gasteiger partial charge on any atom is -0.352 e. The molecule has 1 unspecified atom stereocenters. The zero-order chi connectivity index (χ0) is 11.2. The van der Waals surface area contributed by atoms with Gasteiger partial charge in [-0.1, -0.05) is 19.3 Å². The molecule has 1 saturated carbocycles. The number of carbonyl (C=O) groups excluding carboxylic acids is 1. The van der Waals surface area contributed by atoms with Crippen LogP contribution >= 0.6 is 0 Å². The second-order valence-corrected chi connectivity index (χ2v) is 5.32. The lowest BCUT2D eigenvalue weighted by molar-refractivity contribution is -0.123. The van der Waals surface area contributed by atoms with Crippen molar-refractivity contribution >= 4 is 5.91 Å². The Balaban J connectivity index is 1.66. The second-order valence-electron chi connectivity index (χ2n) is 5.32. The molecule has 1 heterocycles. The van der Waals surface area contributed by atoms with E-state index in [9.17, 15) is 4.79 Å². The molecule has 1 saturated heterocycles. The molecule has 1 amide bonds. The fourth-order valence-corrected chi connectivity index (χ4v) is 2.92. The van der Waals surface area contributed by atoms with Crippen LogP contribution < -0.4 is 10.6 Å². The van der Waals surface area contributed by atoms with Crippen molar-refractivity contribution in [3.05, 3.63) is 0 Å². The normalized spacial score (nSPS) is 27.6. The van der Waals surface area contributed by atoms with Gasteiger partial charge in [-0.25, -0.2) is 0 Å². The molecule has 16 heavy (non-hydrogen) atoms. The molecule has 2 aliphatic rings. The maximum atomic E-state index is 11.8. The summed E-state index contributed by atoms with van der Waals surface area (Å²) in [6, 6.07) is 0.379. The van der Waals surface area contributed by atoms with Gasteiger partial charge in [0, 0.05) is 19.0 Å². The minimum absolute atomic E-state index is 0.278. The largest absolute Gasteiger partial charge is 0.352 e. The predicted molar refractivity (Wildman–Crippen MR) is 65.2 cm³/mol. The SMILES string of the molecule is O=C(CC1CCCCC1)NC1CCCNC1. The Bertz CT molecular complexity index is 196. The van der Waals surface area contributed by atoms with Crippen LogP contribution in [0.4, 0.5) is 0 Å². The van der Waals surface area contributed by atoms with Crippen molar-refractivity contribution in [1.82, 2.24) is 10.6 Å². The van der Waals surface area contributed by atoms with Gasteiger partial charge in [-0.15, -0.1) is 0 Å². The molecule has 1 aliphatic heterocycles. The predicted octanol–water partition coefficient (Wildman–Crippen LogP) is 1.82. The molecule has 0 aromatic rings. The van der Waals surface area contributed by atoms with Gasteiger partial charge in [0.15, 0.2) is 0 Å². The van der Waals surface area contributed by atoms with Gasteiger partial charge >= 0.3 is 0 Å². The lowest BCUT2D eigenvalue weighted by Crippen LogP contribution is -2.46. The van der Waals surface area contributed by atoms with Crippen LogP contribution in [0.3, 0.4) is 0 Å². The molecule has 1 aliphatic carbocycles. The van der Waals surface area contributed by atoms with E-state index < -0.39 is 0 Å². The van der Waals surface area contributed by atoms with E-state index >= 15 is 0 Å². The lowest BCUT2D eigenvalue weighted by Gasteiger charge is -2.26. The maximum absolute atomic E-state index is 11.8. The first-order valence-corrected chi connectivity index (χ1v) is 6.84. The number of piperidine rings is 1. The molecule has 2 N–H and O–H groups in total. The van der Waals surface area contributed by atoms with Crippen LogP contribution in [-0.2, 0) is 4.79 Å². The van der Waals surface area contributed by atoms with Gasteiger partial charge in [-0.3, -0.25) is 4.79 Å². The van der Waals surface area contributed by atoms with Gasteiger partial charge in [-0.05, 0) is 38.1 Å². The van der Waals surface area contributed by atoms with Crippen molar-refractivity contribution in [2.45, 2.75) is 57.4 Å². The molecular weight excluding hydrogens is 200 g/mol. The monoisotopic (exact) mass is 224 g/mol. The highest BCUT2D eigenvalue weighted by Crippen LogP contribution is 2.26. The number of hydrogen-bond donors (Lipinski definition) is 2. The van der Waals surface area contributed by atoms with Crippen LogP contribution in [0.1, 0.15) is 51.4 Å². The summed E-state index contributed by atoms with van der Waals surface area (Å²) in [5, 5.41) is 6.49. The highest BCUT2D eigenvalue weighted by atomic mass is 16.1. The standard InChI is InChI=1S/C13H24N2O/c16-13(9-11-5-2-1-3-6-11)15-12-7-4-8-14-10-12/h11-12,14H,1-10H2,(H,15,16). The van der Waals surface area contributed by atoms with Crippen molar-refractivity contribution in [2.75, 3.05) is 13.1 Å². The van der Waals surface area contributed by atoms with E-state index in [1.165, 1.54) is 38.5 Å². The van der Waals surface area contributed by atoms with Crippen LogP contribution in [0.25, 0.3) is 0 Å². The summed E-state index contributed by atoms with van der Waals surface area (Å²) in [7, 11) is 0. The Morgan fingerprint density at radius 1 is 1.12 bits per heavy atom. The first-order chi connectivity index (χ1) is 7.84. The van der Waals surface area contributed by atoms with Crippen molar-refractivity contribution in [3.63, 3.8) is 0 Å². The molecule has 0 aromatic carbocycles. The second kappa shape index (κ2) is 6.24. The first-order valence-electron chi connectivity index (χ1n) is 6.84. The van der Waals surface area contributed by atoms with Crippen molar-refractivity contribution in [2.24, 2.45) is 5.92 Å². The van der Waals surface area contributed by atoms with Crippen molar-refractivity contribution in [1.29, 1.82) is 0 Å². The van der Waals surface area contributed by atoms with Gasteiger partial charge < -0.3 is 10.6 Å². The van der Waals surface area contributed by atoms with Gasteiger partial charge in [0.05, 0.1) is 0 Å². The first kappa shape index (κ1) is 11.9. The molecule has 0 bridgehead atoms. The number of amides is 1. The fourth-order valence-electron chi connectivity index (χ4n) is 2.92. The summed E-state index contributed by atoms with van der Waals surface area (Å²) in [6.45, 7) is 2.06. The Morgan fingerprint density at radius 3 is 2.62 bits per heavy atom. The molecule has 92 valence electrons. The topological polar surface area (TPSA) is 41.1 Å². The quantitative estimate of drug-likeness (QED) is 0.768. The van der Waals surface area contributed by atoms with Crippen LogP contribution in [0.5, 0.6) is 0 Å². The van der Waals surface area contributed by atoms with Crippen LogP contribution in [0.15, 0.2) is 0 Å². The summed E-state index contributed by atoms with van der Waals surface area (Å²) < 4.78 is 0. The van der Waals surface area contributed by atoms with Gasteiger partial charge in [0.1, 0.15) is 0 Å². The Hall–Kier alpha value is -0.570. The van der Waals surface area contributed by atoms with Crippen molar-refractivity contribution in [3.8, 4) is 0 Å².